The highest BCUT2D eigenvalue weighted by Crippen LogP contribution is 2.57. The fourth-order valence-corrected chi connectivity index (χ4v) is 2.93. The molecule has 1 unspecified atom stereocenters. The molecular weight excluding hydrogens is 146 g/mol. The Hall–Kier alpha value is -0.0400. The lowest BCUT2D eigenvalue weighted by Gasteiger charge is -2.54. The molecule has 1 atom stereocenters. The van der Waals surface area contributed by atoms with E-state index < -0.39 is 0 Å². The van der Waals surface area contributed by atoms with E-state index in [0.717, 1.165) is 18.0 Å². The van der Waals surface area contributed by atoms with Crippen LogP contribution in [0.3, 0.4) is 0 Å². The first kappa shape index (κ1) is 8.55. The van der Waals surface area contributed by atoms with Crippen LogP contribution >= 0.6 is 0 Å². The van der Waals surface area contributed by atoms with Crippen LogP contribution in [0, 0.1) is 5.92 Å². The van der Waals surface area contributed by atoms with Gasteiger partial charge in [-0.15, -0.1) is 0 Å². The smallest absolute Gasteiger partial charge is 0.0231 e. The van der Waals surface area contributed by atoms with Gasteiger partial charge in [-0.2, -0.15) is 0 Å². The first-order valence-electron chi connectivity index (χ1n) is 5.35. The van der Waals surface area contributed by atoms with Gasteiger partial charge in [0.25, 0.3) is 0 Å². The molecule has 1 aliphatic carbocycles. The largest absolute Gasteiger partial charge is 0.292 e. The highest BCUT2D eigenvalue weighted by Gasteiger charge is 2.60. The Morgan fingerprint density at radius 3 is 2.08 bits per heavy atom. The van der Waals surface area contributed by atoms with Gasteiger partial charge in [0.1, 0.15) is 0 Å². The minimum atomic E-state index is 0.698. The van der Waals surface area contributed by atoms with Crippen LogP contribution in [0.4, 0.5) is 0 Å². The van der Waals surface area contributed by atoms with Crippen LogP contribution in [-0.4, -0.2) is 22.5 Å². The molecule has 1 spiro atoms. The Kier molecular flexibility index (Phi) is 1.76. The van der Waals surface area contributed by atoms with Gasteiger partial charge in [-0.05, 0) is 39.0 Å². The van der Waals surface area contributed by atoms with Gasteiger partial charge in [-0.1, -0.05) is 13.8 Å². The summed E-state index contributed by atoms with van der Waals surface area (Å²) in [5.41, 5.74) is 0.698. The second kappa shape index (κ2) is 2.47. The number of likely N-dealkylation sites (tertiary alicyclic amines) is 1. The van der Waals surface area contributed by atoms with Gasteiger partial charge in [0.2, 0.25) is 0 Å². The molecule has 0 bridgehead atoms. The predicted molar refractivity (Wildman–Crippen MR) is 52.2 cm³/mol. The summed E-state index contributed by atoms with van der Waals surface area (Å²) in [4.78, 5) is 2.76. The van der Waals surface area contributed by atoms with Crippen molar-refractivity contribution in [3.05, 3.63) is 0 Å². The first-order valence-corrected chi connectivity index (χ1v) is 5.35. The summed E-state index contributed by atoms with van der Waals surface area (Å²) >= 11 is 0. The highest BCUT2D eigenvalue weighted by molar-refractivity contribution is 5.16. The Labute approximate surface area is 76.1 Å². The average molecular weight is 167 g/mol. The number of nitrogens with zero attached hydrogens (tertiary/aromatic N) is 1. The van der Waals surface area contributed by atoms with Crippen LogP contribution in [0.15, 0.2) is 0 Å². The Morgan fingerprint density at radius 2 is 1.75 bits per heavy atom. The summed E-state index contributed by atoms with van der Waals surface area (Å²) in [7, 11) is 0. The molecule has 0 amide bonds. The quantitative estimate of drug-likeness (QED) is 0.611. The third-order valence-corrected chi connectivity index (χ3v) is 3.65. The van der Waals surface area contributed by atoms with Gasteiger partial charge < -0.3 is 0 Å². The molecule has 1 saturated carbocycles. The maximum absolute atomic E-state index is 2.76. The summed E-state index contributed by atoms with van der Waals surface area (Å²) in [6.07, 6.45) is 4.41. The van der Waals surface area contributed by atoms with E-state index in [9.17, 15) is 0 Å². The zero-order valence-corrected chi connectivity index (χ0v) is 8.80. The highest BCUT2D eigenvalue weighted by atomic mass is 15.3. The van der Waals surface area contributed by atoms with Crippen LogP contribution in [0.5, 0.6) is 0 Å². The van der Waals surface area contributed by atoms with Crippen molar-refractivity contribution in [2.45, 2.75) is 64.6 Å². The molecule has 1 aliphatic heterocycles. The van der Waals surface area contributed by atoms with E-state index in [0.29, 0.717) is 5.54 Å². The molecule has 0 N–H and O–H groups in total. The minimum Gasteiger partial charge on any atom is -0.292 e. The van der Waals surface area contributed by atoms with E-state index in [1.54, 1.807) is 0 Å². The van der Waals surface area contributed by atoms with Crippen molar-refractivity contribution in [3.63, 3.8) is 0 Å². The fraction of sp³-hybridized carbons (Fsp3) is 1.00. The number of rotatable bonds is 2. The van der Waals surface area contributed by atoms with Crippen LogP contribution in [0.2, 0.25) is 0 Å². The van der Waals surface area contributed by atoms with Gasteiger partial charge in [0.15, 0.2) is 0 Å². The van der Waals surface area contributed by atoms with Crippen molar-refractivity contribution in [3.8, 4) is 0 Å². The van der Waals surface area contributed by atoms with Crippen molar-refractivity contribution in [2.75, 3.05) is 0 Å². The number of hydrogen-bond acceptors (Lipinski definition) is 1. The van der Waals surface area contributed by atoms with E-state index in [-0.39, 0.29) is 0 Å². The lowest BCUT2D eigenvalue weighted by Crippen LogP contribution is -2.62. The van der Waals surface area contributed by atoms with Crippen LogP contribution in [-0.2, 0) is 0 Å². The fourth-order valence-electron chi connectivity index (χ4n) is 2.93. The average Bonchev–Trinajstić information content (AvgIpc) is 2.59. The van der Waals surface area contributed by atoms with Gasteiger partial charge in [0, 0.05) is 17.6 Å². The van der Waals surface area contributed by atoms with Crippen molar-refractivity contribution in [2.24, 2.45) is 5.92 Å². The van der Waals surface area contributed by atoms with Gasteiger partial charge in [-0.25, -0.2) is 0 Å². The van der Waals surface area contributed by atoms with Gasteiger partial charge in [-0.3, -0.25) is 4.90 Å². The maximum Gasteiger partial charge on any atom is 0.0231 e. The van der Waals surface area contributed by atoms with Crippen molar-refractivity contribution in [1.29, 1.82) is 0 Å². The zero-order valence-electron chi connectivity index (χ0n) is 8.80. The SMILES string of the molecule is CC(C)C1CC2(CC2)N1C(C)C. The molecule has 0 aromatic carbocycles. The summed E-state index contributed by atoms with van der Waals surface area (Å²) in [6.45, 7) is 9.40. The molecule has 0 aromatic rings. The topological polar surface area (TPSA) is 3.24 Å². The maximum atomic E-state index is 2.76. The van der Waals surface area contributed by atoms with E-state index in [1.165, 1.54) is 19.3 Å². The first-order chi connectivity index (χ1) is 5.57. The third-order valence-electron chi connectivity index (χ3n) is 3.65. The predicted octanol–water partition coefficient (Wildman–Crippen LogP) is 2.66. The minimum absolute atomic E-state index is 0.698. The molecule has 1 nitrogen and oxygen atoms in total. The molecule has 70 valence electrons. The molecule has 2 rings (SSSR count). The van der Waals surface area contributed by atoms with E-state index in [4.69, 9.17) is 0 Å². The second-order valence-corrected chi connectivity index (χ2v) is 5.24. The second-order valence-electron chi connectivity index (χ2n) is 5.24. The molecule has 0 aromatic heterocycles. The standard InChI is InChI=1S/C11H21N/c1-8(2)10-7-11(5-6-11)12(10)9(3)4/h8-10H,5-7H2,1-4H3. The normalized spacial score (nSPS) is 33.0. The summed E-state index contributed by atoms with van der Waals surface area (Å²) in [5.74, 6) is 0.846. The molecule has 1 heteroatoms. The molecule has 2 aliphatic rings. The molecule has 2 fully saturated rings. The van der Waals surface area contributed by atoms with E-state index >= 15 is 0 Å². The van der Waals surface area contributed by atoms with Gasteiger partial charge in [0.05, 0.1) is 0 Å². The van der Waals surface area contributed by atoms with Crippen molar-refractivity contribution in [1.82, 2.24) is 4.90 Å². The van der Waals surface area contributed by atoms with Gasteiger partial charge >= 0.3 is 0 Å². The molecule has 12 heavy (non-hydrogen) atoms. The summed E-state index contributed by atoms with van der Waals surface area (Å²) in [6, 6.07) is 1.64. The lowest BCUT2D eigenvalue weighted by molar-refractivity contribution is -0.0547. The Balaban J connectivity index is 2.03. The molecule has 1 heterocycles. The van der Waals surface area contributed by atoms with E-state index in [2.05, 4.69) is 32.6 Å². The van der Waals surface area contributed by atoms with Crippen molar-refractivity contribution < 1.29 is 0 Å². The molecule has 1 saturated heterocycles. The summed E-state index contributed by atoms with van der Waals surface area (Å²) in [5, 5.41) is 0. The number of hydrogen-bond donors (Lipinski definition) is 0. The third kappa shape index (κ3) is 1.02. The lowest BCUT2D eigenvalue weighted by atomic mass is 9.81. The van der Waals surface area contributed by atoms with E-state index in [1.807, 2.05) is 0 Å². The van der Waals surface area contributed by atoms with Crippen LogP contribution in [0.25, 0.3) is 0 Å². The van der Waals surface area contributed by atoms with Crippen LogP contribution in [0.1, 0.15) is 47.0 Å². The zero-order chi connectivity index (χ0) is 8.93. The Bertz CT molecular complexity index is 179. The monoisotopic (exact) mass is 167 g/mol. The Morgan fingerprint density at radius 1 is 1.17 bits per heavy atom. The van der Waals surface area contributed by atoms with Crippen molar-refractivity contribution >= 4 is 0 Å². The van der Waals surface area contributed by atoms with Crippen LogP contribution < -0.4 is 0 Å². The summed E-state index contributed by atoms with van der Waals surface area (Å²) < 4.78 is 0. The molecular formula is C11H21N. The molecule has 0 radical (unpaired) electrons.